The molecule has 5 nitrogen and oxygen atoms in total. The lowest BCUT2D eigenvalue weighted by atomic mass is 9.85. The topological polar surface area (TPSA) is 55.8 Å². The number of carbonyl (C=O) groups is 1. The Kier molecular flexibility index (Phi) is 6.75. The molecule has 0 aliphatic heterocycles. The van der Waals surface area contributed by atoms with Gasteiger partial charge in [0.05, 0.1) is 6.54 Å². The van der Waals surface area contributed by atoms with Crippen molar-refractivity contribution in [3.05, 3.63) is 27.7 Å². The van der Waals surface area contributed by atoms with Gasteiger partial charge in [0.1, 0.15) is 0 Å². The van der Waals surface area contributed by atoms with Gasteiger partial charge in [-0.05, 0) is 31.5 Å². The van der Waals surface area contributed by atoms with Crippen LogP contribution >= 0.6 is 23.2 Å². The molecule has 134 valence electrons. The van der Waals surface area contributed by atoms with Gasteiger partial charge >= 0.3 is 5.97 Å². The number of hydrogen-bond donors (Lipinski definition) is 2. The van der Waals surface area contributed by atoms with Crippen molar-refractivity contribution in [1.82, 2.24) is 10.2 Å². The largest absolute Gasteiger partial charge is 0.480 e. The molecule has 24 heavy (non-hydrogen) atoms. The van der Waals surface area contributed by atoms with E-state index in [0.717, 1.165) is 30.6 Å². The molecule has 0 saturated heterocycles. The average molecular weight is 374 g/mol. The molecule has 0 aromatic heterocycles. The third-order valence-corrected chi connectivity index (χ3v) is 5.12. The van der Waals surface area contributed by atoms with Crippen LogP contribution in [0.2, 0.25) is 10.0 Å². The van der Waals surface area contributed by atoms with E-state index in [1.807, 2.05) is 36.9 Å². The number of aliphatic carboxylic acids is 1. The molecule has 0 amide bonds. The number of carboxylic acid groups (broad SMARTS) is 1. The van der Waals surface area contributed by atoms with Crippen molar-refractivity contribution in [1.29, 1.82) is 0 Å². The van der Waals surface area contributed by atoms with Crippen LogP contribution in [0.5, 0.6) is 0 Å². The fourth-order valence-corrected chi connectivity index (χ4v) is 3.69. The highest BCUT2D eigenvalue weighted by Gasteiger charge is 2.33. The maximum atomic E-state index is 10.9. The lowest BCUT2D eigenvalue weighted by Gasteiger charge is -2.42. The predicted molar refractivity (Wildman–Crippen MR) is 99.3 cm³/mol. The van der Waals surface area contributed by atoms with E-state index in [1.165, 1.54) is 0 Å². The van der Waals surface area contributed by atoms with E-state index in [1.54, 1.807) is 6.07 Å². The fourth-order valence-electron chi connectivity index (χ4n) is 3.14. The van der Waals surface area contributed by atoms with Gasteiger partial charge in [0.2, 0.25) is 0 Å². The van der Waals surface area contributed by atoms with Gasteiger partial charge in [-0.25, -0.2) is 0 Å². The van der Waals surface area contributed by atoms with Crippen LogP contribution in [0.1, 0.15) is 25.3 Å². The highest BCUT2D eigenvalue weighted by atomic mass is 35.5. The van der Waals surface area contributed by atoms with E-state index in [9.17, 15) is 4.79 Å². The summed E-state index contributed by atoms with van der Waals surface area (Å²) < 4.78 is 0. The van der Waals surface area contributed by atoms with Crippen LogP contribution in [-0.4, -0.2) is 55.2 Å². The van der Waals surface area contributed by atoms with Crippen molar-refractivity contribution in [2.24, 2.45) is 0 Å². The zero-order valence-corrected chi connectivity index (χ0v) is 15.9. The van der Waals surface area contributed by atoms with Gasteiger partial charge in [-0.3, -0.25) is 9.69 Å². The first-order valence-corrected chi connectivity index (χ1v) is 8.91. The molecule has 2 N–H and O–H groups in total. The van der Waals surface area contributed by atoms with E-state index in [-0.39, 0.29) is 6.54 Å². The molecule has 1 aliphatic rings. The minimum absolute atomic E-state index is 0.113. The molecule has 2 rings (SSSR count). The number of rotatable bonds is 8. The second-order valence-electron chi connectivity index (χ2n) is 6.44. The molecular weight excluding hydrogens is 349 g/mol. The van der Waals surface area contributed by atoms with E-state index in [4.69, 9.17) is 28.3 Å². The number of hydrogen-bond acceptors (Lipinski definition) is 4. The highest BCUT2D eigenvalue weighted by Crippen LogP contribution is 2.32. The quantitative estimate of drug-likeness (QED) is 0.733. The third-order valence-electron chi connectivity index (χ3n) is 4.56. The number of carboxylic acids is 1. The molecule has 0 unspecified atom stereocenters. The van der Waals surface area contributed by atoms with Crippen molar-refractivity contribution in [2.75, 3.05) is 32.1 Å². The average Bonchev–Trinajstić information content (AvgIpc) is 2.44. The minimum atomic E-state index is -0.767. The molecule has 7 heteroatoms. The van der Waals surface area contributed by atoms with Gasteiger partial charge in [-0.1, -0.05) is 30.1 Å². The van der Waals surface area contributed by atoms with Gasteiger partial charge in [0.25, 0.3) is 0 Å². The molecule has 0 spiro atoms. The first kappa shape index (κ1) is 19.3. The Morgan fingerprint density at radius 2 is 2.00 bits per heavy atom. The van der Waals surface area contributed by atoms with Crippen molar-refractivity contribution in [3.63, 3.8) is 0 Å². The summed E-state index contributed by atoms with van der Waals surface area (Å²) in [6.07, 6.45) is 1.92. The maximum Gasteiger partial charge on any atom is 0.317 e. The zero-order valence-electron chi connectivity index (χ0n) is 14.4. The lowest BCUT2D eigenvalue weighted by molar-refractivity contribution is -0.139. The lowest BCUT2D eigenvalue weighted by Crippen LogP contribution is -2.53. The van der Waals surface area contributed by atoms with Crippen LogP contribution in [0.15, 0.2) is 12.1 Å². The third kappa shape index (κ3) is 4.76. The second kappa shape index (κ2) is 8.39. The standard InChI is InChI=1S/C17H25Cl2N3O2/c1-4-22(10-17(23)24)13-7-12(8-13)20-9-14-15(19)5-11(18)6-16(14)21(2)3/h5-6,12-13,20H,4,7-10H2,1-3H3,(H,23,24). The molecule has 1 aromatic carbocycles. The number of benzene rings is 1. The Bertz CT molecular complexity index is 589. The Morgan fingerprint density at radius 1 is 1.33 bits per heavy atom. The summed E-state index contributed by atoms with van der Waals surface area (Å²) in [5, 5.41) is 13.8. The van der Waals surface area contributed by atoms with Crippen LogP contribution < -0.4 is 10.2 Å². The second-order valence-corrected chi connectivity index (χ2v) is 7.28. The molecule has 0 bridgehead atoms. The summed E-state index contributed by atoms with van der Waals surface area (Å²) in [5.74, 6) is -0.767. The number of likely N-dealkylation sites (N-methyl/N-ethyl adjacent to an activating group) is 1. The van der Waals surface area contributed by atoms with Crippen LogP contribution in [-0.2, 0) is 11.3 Å². The minimum Gasteiger partial charge on any atom is -0.480 e. The molecule has 1 saturated carbocycles. The predicted octanol–water partition coefficient (Wildman–Crippen LogP) is 3.09. The Balaban J connectivity index is 1.91. The number of nitrogens with one attached hydrogen (secondary N) is 1. The first-order valence-electron chi connectivity index (χ1n) is 8.16. The SMILES string of the molecule is CCN(CC(=O)O)C1CC(NCc2c(Cl)cc(Cl)cc2N(C)C)C1. The Labute approximate surface area is 153 Å². The van der Waals surface area contributed by atoms with Crippen LogP contribution in [0.4, 0.5) is 5.69 Å². The van der Waals surface area contributed by atoms with Crippen molar-refractivity contribution in [3.8, 4) is 0 Å². The van der Waals surface area contributed by atoms with Gasteiger partial charge in [-0.2, -0.15) is 0 Å². The summed E-state index contributed by atoms with van der Waals surface area (Å²) in [5.41, 5.74) is 2.05. The summed E-state index contributed by atoms with van der Waals surface area (Å²) in [7, 11) is 3.94. The number of halogens is 2. The maximum absolute atomic E-state index is 10.9. The van der Waals surface area contributed by atoms with Crippen LogP contribution in [0, 0.1) is 0 Å². The van der Waals surface area contributed by atoms with Gasteiger partial charge in [0.15, 0.2) is 0 Å². The van der Waals surface area contributed by atoms with Crippen LogP contribution in [0.25, 0.3) is 0 Å². The van der Waals surface area contributed by atoms with Crippen molar-refractivity contribution < 1.29 is 9.90 Å². The van der Waals surface area contributed by atoms with E-state index in [0.29, 0.717) is 28.7 Å². The summed E-state index contributed by atoms with van der Waals surface area (Å²) in [6.45, 7) is 3.55. The fraction of sp³-hybridized carbons (Fsp3) is 0.588. The van der Waals surface area contributed by atoms with E-state index >= 15 is 0 Å². The molecule has 1 aliphatic carbocycles. The van der Waals surface area contributed by atoms with E-state index in [2.05, 4.69) is 5.32 Å². The van der Waals surface area contributed by atoms with E-state index < -0.39 is 5.97 Å². The normalized spacial score (nSPS) is 20.1. The molecule has 1 fully saturated rings. The summed E-state index contributed by atoms with van der Waals surface area (Å²) >= 11 is 12.5. The first-order chi connectivity index (χ1) is 11.3. The molecule has 1 aromatic rings. The van der Waals surface area contributed by atoms with Crippen molar-refractivity contribution >= 4 is 34.9 Å². The molecule has 0 atom stereocenters. The molecule has 0 heterocycles. The molecular formula is C17H25Cl2N3O2. The summed E-state index contributed by atoms with van der Waals surface area (Å²) in [4.78, 5) is 14.9. The van der Waals surface area contributed by atoms with Crippen LogP contribution in [0.3, 0.4) is 0 Å². The number of anilines is 1. The summed E-state index contributed by atoms with van der Waals surface area (Å²) in [6, 6.07) is 4.42. The Morgan fingerprint density at radius 3 is 2.54 bits per heavy atom. The number of nitrogens with zero attached hydrogens (tertiary/aromatic N) is 2. The smallest absolute Gasteiger partial charge is 0.317 e. The van der Waals surface area contributed by atoms with Crippen molar-refractivity contribution in [2.45, 2.75) is 38.4 Å². The Hall–Kier alpha value is -1.01. The zero-order chi connectivity index (χ0) is 17.9. The van der Waals surface area contributed by atoms with Gasteiger partial charge < -0.3 is 15.3 Å². The monoisotopic (exact) mass is 373 g/mol. The molecule has 0 radical (unpaired) electrons. The van der Waals surface area contributed by atoms with Gasteiger partial charge in [-0.15, -0.1) is 0 Å². The van der Waals surface area contributed by atoms with Gasteiger partial charge in [0, 0.05) is 54.0 Å². The highest BCUT2D eigenvalue weighted by molar-refractivity contribution is 6.35.